The molecule has 1 aliphatic carbocycles. The molecule has 2 unspecified atom stereocenters. The van der Waals surface area contributed by atoms with Gasteiger partial charge in [-0.05, 0) is 18.8 Å². The summed E-state index contributed by atoms with van der Waals surface area (Å²) in [4.78, 5) is 3.38. The van der Waals surface area contributed by atoms with Crippen LogP contribution in [-0.4, -0.2) is 10.1 Å². The van der Waals surface area contributed by atoms with E-state index in [1.54, 1.807) is 0 Å². The van der Waals surface area contributed by atoms with Crippen LogP contribution in [0.3, 0.4) is 0 Å². The summed E-state index contributed by atoms with van der Waals surface area (Å²) in [6, 6.07) is 0. The van der Waals surface area contributed by atoms with E-state index in [-0.39, 0.29) is 5.89 Å². The van der Waals surface area contributed by atoms with Crippen molar-refractivity contribution < 1.29 is 17.7 Å². The fourth-order valence-corrected chi connectivity index (χ4v) is 2.33. The lowest BCUT2D eigenvalue weighted by Crippen LogP contribution is -2.41. The average Bonchev–Trinajstić information content (AvgIpc) is 2.65. The van der Waals surface area contributed by atoms with E-state index in [0.717, 1.165) is 12.8 Å². The standard InChI is InChI=1S/C10H14F3N3O/c1-6-3-2-4-9(14,5-6)8-15-7(16-17-8)10(11,12)13/h6H,2-5,14H2,1H3. The van der Waals surface area contributed by atoms with Gasteiger partial charge in [-0.3, -0.25) is 0 Å². The number of rotatable bonds is 1. The second-order valence-electron chi connectivity index (χ2n) is 4.78. The summed E-state index contributed by atoms with van der Waals surface area (Å²) in [6.07, 6.45) is -1.54. The van der Waals surface area contributed by atoms with Crippen LogP contribution in [0.25, 0.3) is 0 Å². The van der Waals surface area contributed by atoms with E-state index < -0.39 is 17.5 Å². The van der Waals surface area contributed by atoms with Crippen LogP contribution in [-0.2, 0) is 11.7 Å². The summed E-state index contributed by atoms with van der Waals surface area (Å²) in [5.41, 5.74) is 5.16. The van der Waals surface area contributed by atoms with Gasteiger partial charge in [0, 0.05) is 0 Å². The fraction of sp³-hybridized carbons (Fsp3) is 0.800. The van der Waals surface area contributed by atoms with Gasteiger partial charge < -0.3 is 10.3 Å². The molecule has 2 rings (SSSR count). The van der Waals surface area contributed by atoms with Crippen molar-refractivity contribution in [1.29, 1.82) is 0 Å². The first-order chi connectivity index (χ1) is 7.81. The number of nitrogens with zero attached hydrogens (tertiary/aromatic N) is 2. The Balaban J connectivity index is 2.24. The SMILES string of the molecule is CC1CCCC(N)(c2nc(C(F)(F)F)no2)C1. The Hall–Kier alpha value is -1.11. The van der Waals surface area contributed by atoms with Crippen molar-refractivity contribution in [3.63, 3.8) is 0 Å². The highest BCUT2D eigenvalue weighted by Gasteiger charge is 2.42. The Morgan fingerprint density at radius 2 is 2.18 bits per heavy atom. The largest absolute Gasteiger partial charge is 0.455 e. The second-order valence-corrected chi connectivity index (χ2v) is 4.78. The van der Waals surface area contributed by atoms with E-state index >= 15 is 0 Å². The molecule has 0 amide bonds. The third-order valence-corrected chi connectivity index (χ3v) is 3.14. The van der Waals surface area contributed by atoms with Crippen LogP contribution in [0.1, 0.15) is 44.3 Å². The van der Waals surface area contributed by atoms with Crippen LogP contribution < -0.4 is 5.73 Å². The van der Waals surface area contributed by atoms with Gasteiger partial charge in [0.05, 0.1) is 5.54 Å². The molecule has 17 heavy (non-hydrogen) atoms. The van der Waals surface area contributed by atoms with Gasteiger partial charge in [-0.1, -0.05) is 24.9 Å². The first-order valence-electron chi connectivity index (χ1n) is 5.51. The lowest BCUT2D eigenvalue weighted by atomic mass is 9.77. The molecule has 1 saturated carbocycles. The van der Waals surface area contributed by atoms with Crippen molar-refractivity contribution >= 4 is 0 Å². The molecule has 1 aromatic heterocycles. The molecule has 1 fully saturated rings. The number of aromatic nitrogens is 2. The molecule has 1 heterocycles. The van der Waals surface area contributed by atoms with Gasteiger partial charge in [-0.25, -0.2) is 0 Å². The number of hydrogen-bond acceptors (Lipinski definition) is 4. The topological polar surface area (TPSA) is 64.9 Å². The van der Waals surface area contributed by atoms with Crippen LogP contribution in [0, 0.1) is 5.92 Å². The number of alkyl halides is 3. The fourth-order valence-electron chi connectivity index (χ4n) is 2.33. The Kier molecular flexibility index (Phi) is 2.89. The van der Waals surface area contributed by atoms with E-state index in [1.165, 1.54) is 0 Å². The van der Waals surface area contributed by atoms with Gasteiger partial charge in [0.25, 0.3) is 5.82 Å². The van der Waals surface area contributed by atoms with Crippen molar-refractivity contribution in [2.75, 3.05) is 0 Å². The van der Waals surface area contributed by atoms with Gasteiger partial charge >= 0.3 is 6.18 Å². The normalized spacial score (nSPS) is 30.5. The maximum Gasteiger partial charge on any atom is 0.455 e. The molecule has 2 atom stereocenters. The molecule has 7 heteroatoms. The van der Waals surface area contributed by atoms with E-state index in [4.69, 9.17) is 5.73 Å². The van der Waals surface area contributed by atoms with Gasteiger partial charge in [-0.2, -0.15) is 18.2 Å². The van der Waals surface area contributed by atoms with Crippen molar-refractivity contribution in [3.05, 3.63) is 11.7 Å². The van der Waals surface area contributed by atoms with Crippen LogP contribution in [0.2, 0.25) is 0 Å². The molecule has 0 aliphatic heterocycles. The van der Waals surface area contributed by atoms with Gasteiger partial charge in [-0.15, -0.1) is 0 Å². The highest BCUT2D eigenvalue weighted by molar-refractivity contribution is 5.05. The molecular weight excluding hydrogens is 235 g/mol. The first-order valence-corrected chi connectivity index (χ1v) is 5.51. The summed E-state index contributed by atoms with van der Waals surface area (Å²) in [5, 5.41) is 2.94. The summed E-state index contributed by atoms with van der Waals surface area (Å²) in [7, 11) is 0. The summed E-state index contributed by atoms with van der Waals surface area (Å²) in [5.74, 6) is -0.998. The maximum atomic E-state index is 12.3. The summed E-state index contributed by atoms with van der Waals surface area (Å²) in [6.45, 7) is 2.02. The summed E-state index contributed by atoms with van der Waals surface area (Å²) < 4.78 is 41.7. The molecule has 1 aromatic rings. The zero-order valence-electron chi connectivity index (χ0n) is 9.42. The lowest BCUT2D eigenvalue weighted by Gasteiger charge is -2.33. The predicted octanol–water partition coefficient (Wildman–Crippen LogP) is 2.45. The Morgan fingerprint density at radius 1 is 1.47 bits per heavy atom. The minimum Gasteiger partial charge on any atom is -0.337 e. The average molecular weight is 249 g/mol. The number of nitrogens with two attached hydrogens (primary N) is 1. The van der Waals surface area contributed by atoms with Crippen molar-refractivity contribution in [2.45, 2.75) is 44.3 Å². The Morgan fingerprint density at radius 3 is 2.71 bits per heavy atom. The predicted molar refractivity (Wildman–Crippen MR) is 52.8 cm³/mol. The molecule has 0 aromatic carbocycles. The third-order valence-electron chi connectivity index (χ3n) is 3.14. The third kappa shape index (κ3) is 2.43. The molecular formula is C10H14F3N3O. The quantitative estimate of drug-likeness (QED) is 0.830. The van der Waals surface area contributed by atoms with Gasteiger partial charge in [0.2, 0.25) is 5.89 Å². The Bertz CT molecular complexity index is 404. The zero-order chi connectivity index (χ0) is 12.7. The van der Waals surface area contributed by atoms with Gasteiger partial charge in [0.1, 0.15) is 0 Å². The van der Waals surface area contributed by atoms with Crippen LogP contribution in [0.5, 0.6) is 0 Å². The molecule has 2 N–H and O–H groups in total. The zero-order valence-corrected chi connectivity index (χ0v) is 9.42. The molecule has 4 nitrogen and oxygen atoms in total. The lowest BCUT2D eigenvalue weighted by molar-refractivity contribution is -0.146. The monoisotopic (exact) mass is 249 g/mol. The highest BCUT2D eigenvalue weighted by Crippen LogP contribution is 2.38. The minimum absolute atomic E-state index is 0.101. The molecule has 0 radical (unpaired) electrons. The van der Waals surface area contributed by atoms with Crippen molar-refractivity contribution in [3.8, 4) is 0 Å². The van der Waals surface area contributed by atoms with Crippen molar-refractivity contribution in [2.24, 2.45) is 11.7 Å². The highest BCUT2D eigenvalue weighted by atomic mass is 19.4. The van der Waals surface area contributed by atoms with Crippen LogP contribution in [0.4, 0.5) is 13.2 Å². The van der Waals surface area contributed by atoms with Crippen LogP contribution >= 0.6 is 0 Å². The number of halogens is 3. The van der Waals surface area contributed by atoms with E-state index in [2.05, 4.69) is 14.7 Å². The van der Waals surface area contributed by atoms with Crippen LogP contribution in [0.15, 0.2) is 4.52 Å². The maximum absolute atomic E-state index is 12.3. The van der Waals surface area contributed by atoms with E-state index in [0.29, 0.717) is 18.8 Å². The molecule has 0 spiro atoms. The molecule has 1 aliphatic rings. The summed E-state index contributed by atoms with van der Waals surface area (Å²) >= 11 is 0. The Labute approximate surface area is 96.4 Å². The molecule has 96 valence electrons. The van der Waals surface area contributed by atoms with Gasteiger partial charge in [0.15, 0.2) is 0 Å². The van der Waals surface area contributed by atoms with Crippen molar-refractivity contribution in [1.82, 2.24) is 10.1 Å². The molecule has 0 bridgehead atoms. The smallest absolute Gasteiger partial charge is 0.337 e. The first kappa shape index (κ1) is 12.3. The second kappa shape index (κ2) is 3.97. The van der Waals surface area contributed by atoms with E-state index in [1.807, 2.05) is 6.92 Å². The van der Waals surface area contributed by atoms with E-state index in [9.17, 15) is 13.2 Å². The number of hydrogen-bond donors (Lipinski definition) is 1. The minimum atomic E-state index is -4.58. The molecule has 0 saturated heterocycles.